The van der Waals surface area contributed by atoms with Gasteiger partial charge in [-0.2, -0.15) is 0 Å². The topological polar surface area (TPSA) is 37.4 Å². The molecule has 1 aliphatic heterocycles. The number of hydrogen-bond donors (Lipinski definition) is 0. The van der Waals surface area contributed by atoms with Gasteiger partial charge in [-0.05, 0) is 55.9 Å². The monoisotopic (exact) mass is 287 g/mol. The van der Waals surface area contributed by atoms with Gasteiger partial charge in [-0.1, -0.05) is 19.0 Å². The van der Waals surface area contributed by atoms with Crippen molar-refractivity contribution in [1.29, 1.82) is 0 Å². The van der Waals surface area contributed by atoms with Gasteiger partial charge in [0, 0.05) is 15.5 Å². The first-order chi connectivity index (χ1) is 11.4. The molecular formula is C15H23NO2S. The van der Waals surface area contributed by atoms with E-state index in [0.29, 0.717) is 25.8 Å². The standard InChI is InChI=1S/C15H23NO2S/c1-3-9-16-10-5-7-14(12-16)13-6-4-8-15(11-13)19(2,17)18/h4,6,8,11,14H,3,5,7,9-10,12H2,1-2H3/t14-/m0/s1/i4D,6D,8D,9D2,11D. The first-order valence-electron chi connectivity index (χ1n) is 9.47. The molecule has 1 fully saturated rings. The van der Waals surface area contributed by atoms with Crippen molar-refractivity contribution < 1.29 is 16.6 Å². The zero-order valence-corrected chi connectivity index (χ0v) is 12.1. The SMILES string of the molecule is [2H]c1c([2H])c([C@H]2CCCN(C([2H])([2H])CC)C2)c([2H])c(S(C)(=O)=O)c1[2H]. The Morgan fingerprint density at radius 3 is 3.00 bits per heavy atom. The van der Waals surface area contributed by atoms with E-state index in [1.165, 1.54) is 0 Å². The molecule has 2 rings (SSSR count). The highest BCUT2D eigenvalue weighted by Crippen LogP contribution is 2.28. The van der Waals surface area contributed by atoms with E-state index in [2.05, 4.69) is 0 Å². The smallest absolute Gasteiger partial charge is 0.175 e. The van der Waals surface area contributed by atoms with Crippen LogP contribution in [0.1, 0.15) is 45.9 Å². The van der Waals surface area contributed by atoms with Crippen LogP contribution in [0.15, 0.2) is 29.1 Å². The van der Waals surface area contributed by atoms with E-state index in [9.17, 15) is 8.42 Å². The largest absolute Gasteiger partial charge is 0.303 e. The van der Waals surface area contributed by atoms with Gasteiger partial charge in [0.25, 0.3) is 0 Å². The Kier molecular flexibility index (Phi) is 2.68. The molecule has 0 aromatic heterocycles. The molecule has 19 heavy (non-hydrogen) atoms. The van der Waals surface area contributed by atoms with Crippen molar-refractivity contribution in [2.45, 2.75) is 37.0 Å². The van der Waals surface area contributed by atoms with E-state index in [0.717, 1.165) is 6.26 Å². The van der Waals surface area contributed by atoms with Gasteiger partial charge < -0.3 is 4.90 Å². The summed E-state index contributed by atoms with van der Waals surface area (Å²) < 4.78 is 72.3. The van der Waals surface area contributed by atoms with Crippen LogP contribution >= 0.6 is 0 Å². The van der Waals surface area contributed by atoms with Crippen molar-refractivity contribution in [2.75, 3.05) is 25.8 Å². The van der Waals surface area contributed by atoms with Crippen molar-refractivity contribution in [3.05, 3.63) is 29.7 Å². The van der Waals surface area contributed by atoms with Gasteiger partial charge in [0.1, 0.15) is 0 Å². The molecular weight excluding hydrogens is 258 g/mol. The molecule has 0 aliphatic carbocycles. The van der Waals surface area contributed by atoms with Gasteiger partial charge in [0.2, 0.25) is 0 Å². The van der Waals surface area contributed by atoms with Crippen LogP contribution in [-0.2, 0) is 9.84 Å². The van der Waals surface area contributed by atoms with Crippen LogP contribution in [0.5, 0.6) is 0 Å². The third-order valence-corrected chi connectivity index (χ3v) is 4.15. The number of rotatable bonds is 4. The molecule has 0 spiro atoms. The van der Waals surface area contributed by atoms with Crippen LogP contribution in [0.25, 0.3) is 0 Å². The minimum atomic E-state index is -3.88. The molecule has 3 nitrogen and oxygen atoms in total. The summed E-state index contributed by atoms with van der Waals surface area (Å²) in [5.74, 6) is -0.402. The predicted molar refractivity (Wildman–Crippen MR) is 78.3 cm³/mol. The quantitative estimate of drug-likeness (QED) is 0.854. The molecule has 1 atom stereocenters. The van der Waals surface area contributed by atoms with Crippen molar-refractivity contribution in [1.82, 2.24) is 4.90 Å². The fourth-order valence-electron chi connectivity index (χ4n) is 2.31. The van der Waals surface area contributed by atoms with E-state index >= 15 is 0 Å². The molecule has 1 heterocycles. The first-order valence-corrected chi connectivity index (χ1v) is 8.36. The lowest BCUT2D eigenvalue weighted by atomic mass is 9.90. The predicted octanol–water partition coefficient (Wildman–Crippen LogP) is 2.68. The van der Waals surface area contributed by atoms with Crippen molar-refractivity contribution in [2.24, 2.45) is 0 Å². The van der Waals surface area contributed by atoms with Crippen LogP contribution < -0.4 is 0 Å². The van der Waals surface area contributed by atoms with Crippen molar-refractivity contribution in [3.63, 3.8) is 0 Å². The van der Waals surface area contributed by atoms with Gasteiger partial charge in [0.15, 0.2) is 9.84 Å². The number of hydrogen-bond acceptors (Lipinski definition) is 3. The Morgan fingerprint density at radius 1 is 1.53 bits per heavy atom. The number of benzene rings is 1. The number of likely N-dealkylation sites (tertiary alicyclic amines) is 1. The van der Waals surface area contributed by atoms with Crippen LogP contribution in [0.2, 0.25) is 0 Å². The highest BCUT2D eigenvalue weighted by molar-refractivity contribution is 7.90. The van der Waals surface area contributed by atoms with Crippen LogP contribution in [0.3, 0.4) is 0 Å². The fraction of sp³-hybridized carbons (Fsp3) is 0.600. The summed E-state index contributed by atoms with van der Waals surface area (Å²) in [6, 6.07) is -1.80. The molecule has 0 amide bonds. The van der Waals surface area contributed by atoms with Crippen LogP contribution in [0.4, 0.5) is 0 Å². The Labute approximate surface area is 125 Å². The normalized spacial score (nSPS) is 26.7. The first kappa shape index (κ1) is 8.42. The van der Waals surface area contributed by atoms with Gasteiger partial charge >= 0.3 is 0 Å². The lowest BCUT2D eigenvalue weighted by Crippen LogP contribution is -2.34. The zero-order valence-electron chi connectivity index (χ0n) is 17.3. The van der Waals surface area contributed by atoms with Gasteiger partial charge in [-0.15, -0.1) is 0 Å². The minimum absolute atomic E-state index is 0.137. The summed E-state index contributed by atoms with van der Waals surface area (Å²) in [5.41, 5.74) is 0.137. The summed E-state index contributed by atoms with van der Waals surface area (Å²) in [4.78, 5) is 1.14. The van der Waals surface area contributed by atoms with E-state index in [-0.39, 0.29) is 18.2 Å². The third-order valence-electron chi connectivity index (χ3n) is 3.20. The summed E-state index contributed by atoms with van der Waals surface area (Å²) in [6.45, 7) is 1.05. The second-order valence-electron chi connectivity index (χ2n) is 4.81. The van der Waals surface area contributed by atoms with Gasteiger partial charge in [-0.3, -0.25) is 0 Å². The number of sulfone groups is 1. The summed E-state index contributed by atoms with van der Waals surface area (Å²) in [5, 5.41) is 0. The fourth-order valence-corrected chi connectivity index (χ4v) is 2.84. The minimum Gasteiger partial charge on any atom is -0.303 e. The zero-order chi connectivity index (χ0) is 19.2. The molecule has 1 aliphatic rings. The second-order valence-corrected chi connectivity index (χ2v) is 6.76. The Morgan fingerprint density at radius 2 is 2.32 bits per heavy atom. The highest BCUT2D eigenvalue weighted by atomic mass is 32.2. The third kappa shape index (κ3) is 3.80. The molecule has 1 aromatic rings. The Bertz CT molecular complexity index is 781. The average molecular weight is 287 g/mol. The molecule has 0 radical (unpaired) electrons. The average Bonchev–Trinajstić information content (AvgIpc) is 2.52. The molecule has 0 unspecified atom stereocenters. The molecule has 1 aromatic carbocycles. The molecule has 0 bridgehead atoms. The number of nitrogens with zero attached hydrogens (tertiary/aromatic N) is 1. The van der Waals surface area contributed by atoms with Crippen LogP contribution in [-0.4, -0.2) is 39.2 Å². The lowest BCUT2D eigenvalue weighted by Gasteiger charge is -2.32. The molecule has 4 heteroatoms. The summed E-state index contributed by atoms with van der Waals surface area (Å²) >= 11 is 0. The molecule has 1 saturated heterocycles. The van der Waals surface area contributed by atoms with E-state index in [1.807, 2.05) is 0 Å². The number of piperidine rings is 1. The van der Waals surface area contributed by atoms with Gasteiger partial charge in [-0.25, -0.2) is 8.42 Å². The lowest BCUT2D eigenvalue weighted by molar-refractivity contribution is 0.208. The van der Waals surface area contributed by atoms with Crippen molar-refractivity contribution in [3.8, 4) is 0 Å². The molecule has 0 saturated carbocycles. The summed E-state index contributed by atoms with van der Waals surface area (Å²) in [7, 11) is -3.88. The maximum atomic E-state index is 12.0. The van der Waals surface area contributed by atoms with Crippen molar-refractivity contribution >= 4 is 9.84 Å². The van der Waals surface area contributed by atoms with E-state index < -0.39 is 45.3 Å². The highest BCUT2D eigenvalue weighted by Gasteiger charge is 2.21. The summed E-state index contributed by atoms with van der Waals surface area (Å²) in [6.07, 6.45) is 2.44. The van der Waals surface area contributed by atoms with Gasteiger partial charge in [0.05, 0.1) is 10.4 Å². The second kappa shape index (κ2) is 6.06. The van der Waals surface area contributed by atoms with Crippen LogP contribution in [0, 0.1) is 0 Å². The maximum absolute atomic E-state index is 12.0. The van der Waals surface area contributed by atoms with E-state index in [4.69, 9.17) is 8.22 Å². The molecule has 106 valence electrons. The Balaban J connectivity index is 2.58. The maximum Gasteiger partial charge on any atom is 0.175 e. The Hall–Kier alpha value is -0.870. The van der Waals surface area contributed by atoms with E-state index in [1.54, 1.807) is 11.8 Å². The molecule has 0 N–H and O–H groups in total.